The van der Waals surface area contributed by atoms with Gasteiger partial charge in [0.1, 0.15) is 17.6 Å². The summed E-state index contributed by atoms with van der Waals surface area (Å²) in [6.07, 6.45) is 0.338. The number of benzene rings is 2. The first-order valence-electron chi connectivity index (χ1n) is 8.62. The fraction of sp³-hybridized carbons (Fsp3) is 0.211. The number of halogens is 3. The van der Waals surface area contributed by atoms with Gasteiger partial charge in [-0.1, -0.05) is 34.4 Å². The molecule has 0 unspecified atom stereocenters. The van der Waals surface area contributed by atoms with Gasteiger partial charge in [-0.15, -0.1) is 5.10 Å². The molecule has 7 nitrogen and oxygen atoms in total. The van der Waals surface area contributed by atoms with Crippen LogP contribution in [0.2, 0.25) is 10.0 Å². The number of hydrogen-bond donors (Lipinski definition) is 1. The van der Waals surface area contributed by atoms with Gasteiger partial charge in [0.25, 0.3) is 0 Å². The van der Waals surface area contributed by atoms with Crippen molar-refractivity contribution in [2.75, 3.05) is 17.3 Å². The number of carbonyl (C=O) groups excluding carboxylic acids is 1. The topological polar surface area (TPSA) is 80.5 Å². The average Bonchev–Trinajstić information content (AvgIpc) is 3.09. The minimum Gasteiger partial charge on any atom is -0.452 e. The van der Waals surface area contributed by atoms with Gasteiger partial charge < -0.3 is 19.4 Å². The number of likely N-dealkylation sites (N-methyl/N-ethyl adjacent to an activating group) is 1. The Labute approximate surface area is 175 Å². The summed E-state index contributed by atoms with van der Waals surface area (Å²) in [5.74, 6) is -0.0392. The minimum absolute atomic E-state index is 0.101. The average molecular weight is 437 g/mol. The Balaban J connectivity index is 1.70. The van der Waals surface area contributed by atoms with Crippen LogP contribution in [-0.4, -0.2) is 29.2 Å². The van der Waals surface area contributed by atoms with Crippen molar-refractivity contribution in [2.45, 2.75) is 19.4 Å². The molecule has 1 N–H and O–H groups in total. The predicted octanol–water partition coefficient (Wildman–Crippen LogP) is 4.62. The molecule has 150 valence electrons. The van der Waals surface area contributed by atoms with Crippen molar-refractivity contribution in [3.8, 4) is 11.5 Å². The molecule has 0 saturated carbocycles. The number of aromatic nitrogens is 2. The molecule has 0 bridgehead atoms. The molecule has 10 heteroatoms. The molecule has 1 aromatic heterocycles. The van der Waals surface area contributed by atoms with Crippen LogP contribution in [-0.2, 0) is 11.2 Å². The molecule has 1 aliphatic rings. The van der Waals surface area contributed by atoms with Crippen LogP contribution in [0.4, 0.5) is 16.1 Å². The summed E-state index contributed by atoms with van der Waals surface area (Å²) in [6.45, 7) is 1.66. The summed E-state index contributed by atoms with van der Waals surface area (Å²) < 4.78 is 24.8. The number of fused-ring (bicyclic) bond motifs is 1. The molecular formula is C19H15Cl2FN4O3. The predicted molar refractivity (Wildman–Crippen MR) is 106 cm³/mol. The molecule has 0 aliphatic carbocycles. The second-order valence-corrected chi connectivity index (χ2v) is 7.30. The number of amides is 1. The molecule has 2 heterocycles. The Morgan fingerprint density at radius 1 is 1.24 bits per heavy atom. The lowest BCUT2D eigenvalue weighted by atomic mass is 9.97. The number of aryl methyl sites for hydroxylation is 1. The Bertz CT molecular complexity index is 1110. The van der Waals surface area contributed by atoms with E-state index in [-0.39, 0.29) is 33.5 Å². The Morgan fingerprint density at radius 3 is 2.72 bits per heavy atom. The highest BCUT2D eigenvalue weighted by Crippen LogP contribution is 2.44. The second kappa shape index (κ2) is 7.53. The smallest absolute Gasteiger partial charge is 0.316 e. The highest BCUT2D eigenvalue weighted by molar-refractivity contribution is 6.33. The standard InChI is InChI=1S/C19H15Cl2FN4O3/c1-9-24-25-19(28-9)23-14-7-10-3-5-13(21)17(16(10)26(2)18(14)27)29-15-8-11(22)4-6-12(15)20/h3-6,8,14H,7H2,1-2H3,(H,23,25)/t14-/m1/s1. The zero-order chi connectivity index (χ0) is 20.7. The Morgan fingerprint density at radius 2 is 2.00 bits per heavy atom. The summed E-state index contributed by atoms with van der Waals surface area (Å²) in [4.78, 5) is 14.3. The number of rotatable bonds is 4. The monoisotopic (exact) mass is 436 g/mol. The SMILES string of the molecule is Cc1nnc(N[C@@H]2Cc3ccc(Cl)c(Oc4cc(F)ccc4Cl)c3N(C)C2=O)o1. The number of hydrogen-bond acceptors (Lipinski definition) is 6. The van der Waals surface area contributed by atoms with Crippen LogP contribution in [0.3, 0.4) is 0 Å². The molecule has 0 spiro atoms. The van der Waals surface area contributed by atoms with Crippen LogP contribution < -0.4 is 15.0 Å². The van der Waals surface area contributed by atoms with Crippen LogP contribution >= 0.6 is 23.2 Å². The van der Waals surface area contributed by atoms with Gasteiger partial charge in [0, 0.05) is 26.5 Å². The van der Waals surface area contributed by atoms with Gasteiger partial charge in [-0.2, -0.15) is 0 Å². The number of anilines is 2. The summed E-state index contributed by atoms with van der Waals surface area (Å²) >= 11 is 12.5. The van der Waals surface area contributed by atoms with E-state index < -0.39 is 11.9 Å². The maximum atomic E-state index is 13.6. The fourth-order valence-electron chi connectivity index (χ4n) is 3.15. The first-order chi connectivity index (χ1) is 13.8. The third kappa shape index (κ3) is 3.73. The van der Waals surface area contributed by atoms with E-state index in [2.05, 4.69) is 15.5 Å². The Kier molecular flexibility index (Phi) is 5.06. The van der Waals surface area contributed by atoms with Crippen LogP contribution in [0.5, 0.6) is 11.5 Å². The lowest BCUT2D eigenvalue weighted by Gasteiger charge is -2.33. The highest BCUT2D eigenvalue weighted by atomic mass is 35.5. The van der Waals surface area contributed by atoms with Crippen molar-refractivity contribution in [3.63, 3.8) is 0 Å². The molecule has 1 amide bonds. The van der Waals surface area contributed by atoms with E-state index in [4.69, 9.17) is 32.4 Å². The maximum absolute atomic E-state index is 13.6. The fourth-order valence-corrected chi connectivity index (χ4v) is 3.50. The van der Waals surface area contributed by atoms with Gasteiger partial charge >= 0.3 is 6.01 Å². The quantitative estimate of drug-likeness (QED) is 0.642. The summed E-state index contributed by atoms with van der Waals surface area (Å²) in [6, 6.07) is 6.77. The zero-order valence-electron chi connectivity index (χ0n) is 15.4. The van der Waals surface area contributed by atoms with Crippen molar-refractivity contribution in [2.24, 2.45) is 0 Å². The van der Waals surface area contributed by atoms with Crippen molar-refractivity contribution in [1.29, 1.82) is 0 Å². The van der Waals surface area contributed by atoms with E-state index in [1.165, 1.54) is 17.0 Å². The lowest BCUT2D eigenvalue weighted by molar-refractivity contribution is -0.119. The molecule has 0 saturated heterocycles. The second-order valence-electron chi connectivity index (χ2n) is 6.49. The third-order valence-electron chi connectivity index (χ3n) is 4.48. The first kappa shape index (κ1) is 19.5. The van der Waals surface area contributed by atoms with Gasteiger partial charge in [-0.05, 0) is 23.8 Å². The van der Waals surface area contributed by atoms with Gasteiger partial charge in [-0.3, -0.25) is 4.79 Å². The largest absolute Gasteiger partial charge is 0.452 e. The van der Waals surface area contributed by atoms with Crippen molar-refractivity contribution in [3.05, 3.63) is 57.6 Å². The molecule has 3 aromatic rings. The van der Waals surface area contributed by atoms with Crippen LogP contribution in [0.1, 0.15) is 11.5 Å². The molecule has 1 aliphatic heterocycles. The van der Waals surface area contributed by atoms with Crippen molar-refractivity contribution < 1.29 is 18.3 Å². The number of carbonyl (C=O) groups is 1. The van der Waals surface area contributed by atoms with Gasteiger partial charge in [0.15, 0.2) is 5.75 Å². The van der Waals surface area contributed by atoms with Gasteiger partial charge in [-0.25, -0.2) is 4.39 Å². The molecule has 1 atom stereocenters. The third-order valence-corrected chi connectivity index (χ3v) is 5.09. The maximum Gasteiger partial charge on any atom is 0.316 e. The molecule has 0 radical (unpaired) electrons. The van der Waals surface area contributed by atoms with Gasteiger partial charge in [0.05, 0.1) is 15.7 Å². The number of nitrogens with one attached hydrogen (secondary N) is 1. The molecule has 0 fully saturated rings. The minimum atomic E-state index is -0.612. The summed E-state index contributed by atoms with van der Waals surface area (Å²) in [7, 11) is 1.60. The van der Waals surface area contributed by atoms with Crippen LogP contribution in [0.15, 0.2) is 34.7 Å². The van der Waals surface area contributed by atoms with Crippen molar-refractivity contribution >= 4 is 40.8 Å². The summed E-state index contributed by atoms with van der Waals surface area (Å²) in [5, 5.41) is 11.0. The molecule has 4 rings (SSSR count). The van der Waals surface area contributed by atoms with E-state index in [0.717, 1.165) is 11.6 Å². The van der Waals surface area contributed by atoms with E-state index in [1.54, 1.807) is 26.1 Å². The Hall–Kier alpha value is -2.84. The summed E-state index contributed by atoms with van der Waals surface area (Å²) in [5.41, 5.74) is 1.29. The normalized spacial score (nSPS) is 16.0. The van der Waals surface area contributed by atoms with Crippen LogP contribution in [0, 0.1) is 12.7 Å². The van der Waals surface area contributed by atoms with Crippen LogP contribution in [0.25, 0.3) is 0 Å². The number of nitrogens with zero attached hydrogens (tertiary/aromatic N) is 3. The molecular weight excluding hydrogens is 422 g/mol. The first-order valence-corrected chi connectivity index (χ1v) is 9.37. The van der Waals surface area contributed by atoms with Gasteiger partial charge in [0.2, 0.25) is 11.8 Å². The molecule has 2 aromatic carbocycles. The zero-order valence-corrected chi connectivity index (χ0v) is 16.9. The van der Waals surface area contributed by atoms with E-state index in [9.17, 15) is 9.18 Å². The van der Waals surface area contributed by atoms with E-state index >= 15 is 0 Å². The lowest BCUT2D eigenvalue weighted by Crippen LogP contribution is -2.46. The van der Waals surface area contributed by atoms with E-state index in [1.807, 2.05) is 0 Å². The van der Waals surface area contributed by atoms with E-state index in [0.29, 0.717) is 18.0 Å². The number of ether oxygens (including phenoxy) is 1. The van der Waals surface area contributed by atoms with Crippen molar-refractivity contribution in [1.82, 2.24) is 10.2 Å². The highest BCUT2D eigenvalue weighted by Gasteiger charge is 2.35. The molecule has 29 heavy (non-hydrogen) atoms.